The van der Waals surface area contributed by atoms with Crippen LogP contribution in [-0.2, 0) is 33.2 Å². The van der Waals surface area contributed by atoms with Crippen LogP contribution in [0.5, 0.6) is 0 Å². The zero-order valence-electron chi connectivity index (χ0n) is 34.5. The Hall–Kier alpha value is -1.01. The van der Waals surface area contributed by atoms with Gasteiger partial charge in [-0.25, -0.2) is 0 Å². The zero-order chi connectivity index (χ0) is 40.0. The number of hydrogen-bond acceptors (Lipinski definition) is 14. The van der Waals surface area contributed by atoms with Crippen LogP contribution in [-0.4, -0.2) is 166 Å². The third-order valence-electron chi connectivity index (χ3n) is 12.8. The first-order chi connectivity index (χ1) is 24.4. The van der Waals surface area contributed by atoms with Crippen molar-refractivity contribution in [2.75, 3.05) is 34.8 Å². The molecule has 14 heteroatoms. The third kappa shape index (κ3) is 9.93. The first kappa shape index (κ1) is 44.7. The maximum Gasteiger partial charge on any atom is 0.311 e. The molecule has 1 aliphatic carbocycles. The maximum absolute atomic E-state index is 14.4. The predicted octanol–water partition coefficient (Wildman–Crippen LogP) is 1.90. The quantitative estimate of drug-likeness (QED) is 0.238. The summed E-state index contributed by atoms with van der Waals surface area (Å²) < 4.78 is 37.8. The van der Waals surface area contributed by atoms with Crippen molar-refractivity contribution < 1.29 is 58.7 Å². The van der Waals surface area contributed by atoms with E-state index in [4.69, 9.17) is 28.4 Å². The third-order valence-corrected chi connectivity index (χ3v) is 12.8. The van der Waals surface area contributed by atoms with Crippen molar-refractivity contribution in [2.24, 2.45) is 23.7 Å². The molecule has 3 saturated heterocycles. The van der Waals surface area contributed by atoms with E-state index < -0.39 is 96.0 Å². The fraction of sp³-hybridized carbons (Fsp3) is 0.974. The second-order valence-electron chi connectivity index (χ2n) is 18.0. The van der Waals surface area contributed by atoms with Crippen LogP contribution in [0.15, 0.2) is 0 Å². The van der Waals surface area contributed by atoms with Crippen molar-refractivity contribution >= 4 is 5.97 Å². The van der Waals surface area contributed by atoms with Gasteiger partial charge in [0.05, 0.1) is 41.5 Å². The minimum atomic E-state index is -1.76. The summed E-state index contributed by atoms with van der Waals surface area (Å²) >= 11 is 0. The molecule has 4 aliphatic rings. The number of nitrogens with zero attached hydrogens (tertiary/aromatic N) is 2. The van der Waals surface area contributed by atoms with Crippen molar-refractivity contribution in [3.05, 3.63) is 0 Å². The van der Waals surface area contributed by atoms with E-state index >= 15 is 0 Å². The van der Waals surface area contributed by atoms with Gasteiger partial charge in [0.25, 0.3) is 0 Å². The first-order valence-electron chi connectivity index (χ1n) is 19.7. The Balaban J connectivity index is 1.82. The van der Waals surface area contributed by atoms with Gasteiger partial charge in [-0.05, 0) is 107 Å². The lowest BCUT2D eigenvalue weighted by molar-refractivity contribution is -0.318. The highest BCUT2D eigenvalue weighted by Gasteiger charge is 2.55. The highest BCUT2D eigenvalue weighted by atomic mass is 16.7. The van der Waals surface area contributed by atoms with Gasteiger partial charge in [-0.2, -0.15) is 0 Å². The van der Waals surface area contributed by atoms with E-state index in [9.17, 15) is 30.3 Å². The van der Waals surface area contributed by atoms with Crippen molar-refractivity contribution in [3.8, 4) is 0 Å². The average molecular weight is 761 g/mol. The summed E-state index contributed by atoms with van der Waals surface area (Å²) in [5.74, 6) is -2.64. The number of hydrogen-bond donors (Lipinski definition) is 5. The van der Waals surface area contributed by atoms with Crippen molar-refractivity contribution in [3.63, 3.8) is 0 Å². The monoisotopic (exact) mass is 761 g/mol. The van der Waals surface area contributed by atoms with Crippen LogP contribution < -0.4 is 0 Å². The lowest BCUT2D eigenvalue weighted by Crippen LogP contribution is -2.60. The molecule has 3 aliphatic heterocycles. The van der Waals surface area contributed by atoms with E-state index in [1.807, 2.05) is 58.6 Å². The van der Waals surface area contributed by atoms with Gasteiger partial charge in [0.2, 0.25) is 0 Å². The molecular formula is C39H72N2O12. The molecule has 5 N–H and O–H groups in total. The molecule has 1 saturated carbocycles. The van der Waals surface area contributed by atoms with Gasteiger partial charge in [-0.3, -0.25) is 4.79 Å². The molecule has 14 nitrogen and oxygen atoms in total. The molecule has 4 rings (SSSR count). The number of rotatable bonds is 7. The molecular weight excluding hydrogens is 688 g/mol. The Morgan fingerprint density at radius 2 is 1.53 bits per heavy atom. The molecule has 0 bridgehead atoms. The second-order valence-corrected chi connectivity index (χ2v) is 18.0. The number of methoxy groups -OCH3 is 1. The summed E-state index contributed by atoms with van der Waals surface area (Å²) in [6.07, 6.45) is -6.77. The fourth-order valence-electron chi connectivity index (χ4n) is 9.18. The first-order valence-corrected chi connectivity index (χ1v) is 19.7. The number of cyclic esters (lactones) is 1. The highest BCUT2D eigenvalue weighted by molar-refractivity contribution is 5.73. The Bertz CT molecular complexity index is 1200. The van der Waals surface area contributed by atoms with Gasteiger partial charge in [0, 0.05) is 38.1 Å². The highest BCUT2D eigenvalue weighted by Crippen LogP contribution is 2.43. The molecule has 0 aromatic carbocycles. The van der Waals surface area contributed by atoms with Crippen LogP contribution in [0.2, 0.25) is 0 Å². The lowest BCUT2D eigenvalue weighted by atomic mass is 9.77. The van der Waals surface area contributed by atoms with E-state index in [1.165, 1.54) is 14.0 Å². The van der Waals surface area contributed by atoms with Crippen LogP contribution in [0, 0.1) is 23.7 Å². The minimum Gasteiger partial charge on any atom is -0.459 e. The average Bonchev–Trinajstić information content (AvgIpc) is 3.91. The topological polar surface area (TPSA) is 180 Å². The Morgan fingerprint density at radius 1 is 0.906 bits per heavy atom. The number of aliphatic hydroxyl groups excluding tert-OH is 3. The maximum atomic E-state index is 14.4. The summed E-state index contributed by atoms with van der Waals surface area (Å²) in [6, 6.07) is -0.789. The van der Waals surface area contributed by atoms with Gasteiger partial charge in [0.15, 0.2) is 12.6 Å². The smallest absolute Gasteiger partial charge is 0.311 e. The molecule has 0 unspecified atom stereocenters. The molecule has 0 aromatic heterocycles. The number of carbonyl (C=O) groups excluding carboxylic acids is 1. The van der Waals surface area contributed by atoms with Crippen LogP contribution >= 0.6 is 0 Å². The van der Waals surface area contributed by atoms with Crippen molar-refractivity contribution in [1.82, 2.24) is 9.80 Å². The van der Waals surface area contributed by atoms with Crippen LogP contribution in [0.3, 0.4) is 0 Å². The minimum absolute atomic E-state index is 0.125. The van der Waals surface area contributed by atoms with Gasteiger partial charge in [0.1, 0.15) is 30.0 Å². The second kappa shape index (κ2) is 17.2. The lowest BCUT2D eigenvalue weighted by Gasteiger charge is -2.48. The molecule has 310 valence electrons. The molecule has 0 aromatic rings. The summed E-state index contributed by atoms with van der Waals surface area (Å²) in [5.41, 5.74) is -4.33. The van der Waals surface area contributed by atoms with Crippen LogP contribution in [0.25, 0.3) is 0 Å². The van der Waals surface area contributed by atoms with Gasteiger partial charge < -0.3 is 63.8 Å². The van der Waals surface area contributed by atoms with Gasteiger partial charge in [-0.15, -0.1) is 0 Å². The number of carbonyl (C=O) groups is 1. The van der Waals surface area contributed by atoms with Gasteiger partial charge in [-0.1, -0.05) is 13.8 Å². The Morgan fingerprint density at radius 3 is 2.09 bits per heavy atom. The van der Waals surface area contributed by atoms with Gasteiger partial charge >= 0.3 is 5.97 Å². The summed E-state index contributed by atoms with van der Waals surface area (Å²) in [5, 5.41) is 58.6. The van der Waals surface area contributed by atoms with E-state index in [2.05, 4.69) is 0 Å². The number of likely N-dealkylation sites (N-methyl/N-ethyl adjacent to an activating group) is 2. The van der Waals surface area contributed by atoms with Crippen molar-refractivity contribution in [2.45, 2.75) is 185 Å². The largest absolute Gasteiger partial charge is 0.459 e. The molecule has 0 spiro atoms. The zero-order valence-corrected chi connectivity index (χ0v) is 34.5. The van der Waals surface area contributed by atoms with Crippen LogP contribution in [0.1, 0.15) is 94.4 Å². The molecule has 3 heterocycles. The number of aliphatic hydroxyl groups is 5. The molecule has 53 heavy (non-hydrogen) atoms. The Labute approximate surface area is 317 Å². The Kier molecular flexibility index (Phi) is 14.5. The van der Waals surface area contributed by atoms with E-state index in [0.29, 0.717) is 13.0 Å². The molecule has 0 amide bonds. The SMILES string of the molecule is CO[C@]1(C)C[C@H](O[C@H]2[C@H](C)[C@@H](O[C@@H]3O[C@H](C)C[C@H](N(C)C)[C@H]3O)[C@@](C)(O)C[C@@H](C)CN(C)[C@H](C)[C@@H](O)[C@](C)(O)[C@@H](C3CC3)OC(=O)[C@@H]2C)O[C@@H](C)[C@@H]1O. The molecule has 0 radical (unpaired) electrons. The predicted molar refractivity (Wildman–Crippen MR) is 197 cm³/mol. The number of ether oxygens (including phenoxy) is 6. The number of esters is 1. The summed E-state index contributed by atoms with van der Waals surface area (Å²) in [7, 11) is 7.16. The fourth-order valence-corrected chi connectivity index (χ4v) is 9.18. The van der Waals surface area contributed by atoms with E-state index in [1.54, 1.807) is 27.7 Å². The summed E-state index contributed by atoms with van der Waals surface area (Å²) in [4.78, 5) is 18.2. The van der Waals surface area contributed by atoms with Crippen LogP contribution in [0.4, 0.5) is 0 Å². The molecule has 18 atom stereocenters. The van der Waals surface area contributed by atoms with E-state index in [0.717, 1.165) is 12.8 Å². The van der Waals surface area contributed by atoms with Crippen molar-refractivity contribution in [1.29, 1.82) is 0 Å². The standard InChI is InChI=1S/C39H72N2O12/c1-20-17-37(7,46)33(53-36-29(42)27(40(10)11)16-21(2)49-36)22(3)30(51-28-18-38(8,48-13)32(44)25(6)50-28)23(4)35(45)52-34(26-14-15-26)39(9,47)31(43)24(5)41(12)19-20/h20-34,36,42-44,46-47H,14-19H2,1-13H3/t20-,21-,22+,23-,24-,25+,27+,28+,29-,30+,31-,32+,33-,34-,36+,37+,38-,39+/m1/s1. The normalized spacial score (nSPS) is 50.3. The van der Waals surface area contributed by atoms with E-state index in [-0.39, 0.29) is 36.8 Å². The summed E-state index contributed by atoms with van der Waals surface area (Å²) in [6.45, 7) is 16.4. The molecule has 4 fully saturated rings.